The van der Waals surface area contributed by atoms with Crippen LogP contribution in [-0.4, -0.2) is 19.2 Å². The number of nitrogens with one attached hydrogen (secondary N) is 1. The Morgan fingerprint density at radius 3 is 2.62 bits per heavy atom. The van der Waals surface area contributed by atoms with Gasteiger partial charge < -0.3 is 15.2 Å². The van der Waals surface area contributed by atoms with Crippen molar-refractivity contribution < 1.29 is 9.47 Å². The molecule has 0 aliphatic rings. The molecule has 0 unspecified atom stereocenters. The number of amidine groups is 1. The molecule has 0 aliphatic carbocycles. The normalized spacial score (nSPS) is 10.2. The number of para-hydroxylation sites is 1. The lowest BCUT2D eigenvalue weighted by atomic mass is 10.1. The topological polar surface area (TPSA) is 68.3 Å². The van der Waals surface area contributed by atoms with E-state index in [1.54, 1.807) is 24.9 Å². The second kappa shape index (κ2) is 7.04. The van der Waals surface area contributed by atoms with Crippen molar-refractivity contribution in [3.8, 4) is 11.5 Å². The number of benzene rings is 2. The van der Waals surface area contributed by atoms with Crippen molar-refractivity contribution in [2.75, 3.05) is 13.4 Å². The predicted octanol–water partition coefficient (Wildman–Crippen LogP) is 3.28. The van der Waals surface area contributed by atoms with Gasteiger partial charge in [-0.1, -0.05) is 18.2 Å². The molecule has 0 atom stereocenters. The maximum atomic E-state index is 7.50. The molecular formula is C16H18N2O2S. The largest absolute Gasteiger partial charge is 0.496 e. The maximum Gasteiger partial charge on any atom is 0.133 e. The minimum Gasteiger partial charge on any atom is -0.496 e. The molecule has 4 nitrogen and oxygen atoms in total. The molecule has 0 radical (unpaired) electrons. The molecule has 2 rings (SSSR count). The molecule has 5 heteroatoms. The zero-order valence-electron chi connectivity index (χ0n) is 12.1. The molecule has 0 heterocycles. The molecule has 2 aromatic rings. The van der Waals surface area contributed by atoms with Gasteiger partial charge in [-0.2, -0.15) is 0 Å². The monoisotopic (exact) mass is 302 g/mol. The summed E-state index contributed by atoms with van der Waals surface area (Å²) in [5.41, 5.74) is 7.07. The van der Waals surface area contributed by atoms with E-state index in [0.29, 0.717) is 17.9 Å². The summed E-state index contributed by atoms with van der Waals surface area (Å²) >= 11 is 1.65. The second-order valence-corrected chi connectivity index (χ2v) is 5.24. The minimum atomic E-state index is -0.00736. The Morgan fingerprint density at radius 2 is 1.95 bits per heavy atom. The number of hydrogen-bond acceptors (Lipinski definition) is 4. The summed E-state index contributed by atoms with van der Waals surface area (Å²) in [6.45, 7) is 0.437. The molecule has 0 fully saturated rings. The van der Waals surface area contributed by atoms with E-state index >= 15 is 0 Å². The highest BCUT2D eigenvalue weighted by Gasteiger charge is 2.08. The Morgan fingerprint density at radius 1 is 1.19 bits per heavy atom. The average molecular weight is 302 g/mol. The fourth-order valence-corrected chi connectivity index (χ4v) is 2.49. The summed E-state index contributed by atoms with van der Waals surface area (Å²) in [4.78, 5) is 1.10. The number of methoxy groups -OCH3 is 1. The van der Waals surface area contributed by atoms with Crippen LogP contribution >= 0.6 is 11.8 Å². The van der Waals surface area contributed by atoms with E-state index < -0.39 is 0 Å². The number of nitrogens with two attached hydrogens (primary N) is 1. The van der Waals surface area contributed by atoms with Gasteiger partial charge in [-0.25, -0.2) is 0 Å². The lowest BCUT2D eigenvalue weighted by molar-refractivity contribution is 0.298. The molecule has 0 aromatic heterocycles. The first-order valence-electron chi connectivity index (χ1n) is 6.43. The summed E-state index contributed by atoms with van der Waals surface area (Å²) in [5.74, 6) is 1.44. The zero-order chi connectivity index (χ0) is 15.2. The van der Waals surface area contributed by atoms with Gasteiger partial charge in [-0.15, -0.1) is 11.8 Å². The molecule has 2 aromatic carbocycles. The summed E-state index contributed by atoms with van der Waals surface area (Å²) < 4.78 is 11.1. The summed E-state index contributed by atoms with van der Waals surface area (Å²) in [6, 6.07) is 13.4. The number of nitrogen functional groups attached to an aromatic ring is 1. The van der Waals surface area contributed by atoms with Crippen molar-refractivity contribution in [3.63, 3.8) is 0 Å². The van der Waals surface area contributed by atoms with E-state index in [1.165, 1.54) is 0 Å². The van der Waals surface area contributed by atoms with Crippen LogP contribution in [-0.2, 0) is 6.61 Å². The first kappa shape index (κ1) is 15.3. The first-order valence-corrected chi connectivity index (χ1v) is 7.65. The van der Waals surface area contributed by atoms with Crippen LogP contribution in [0.15, 0.2) is 47.4 Å². The van der Waals surface area contributed by atoms with Crippen molar-refractivity contribution in [1.29, 1.82) is 5.41 Å². The predicted molar refractivity (Wildman–Crippen MR) is 86.6 cm³/mol. The van der Waals surface area contributed by atoms with Crippen molar-refractivity contribution in [2.24, 2.45) is 5.73 Å². The van der Waals surface area contributed by atoms with Crippen LogP contribution in [0, 0.1) is 5.41 Å². The van der Waals surface area contributed by atoms with Gasteiger partial charge in [0.2, 0.25) is 0 Å². The second-order valence-electron chi connectivity index (χ2n) is 4.39. The number of rotatable bonds is 6. The van der Waals surface area contributed by atoms with E-state index in [4.69, 9.17) is 20.6 Å². The third-order valence-electron chi connectivity index (χ3n) is 3.02. The standard InChI is InChI=1S/C16H18N2O2S/c1-19-14-9-11(7-8-12(14)16(17)18)10-20-13-5-3-4-6-15(13)21-2/h3-9H,10H2,1-2H3,(H3,17,18). The van der Waals surface area contributed by atoms with Crippen molar-refractivity contribution in [3.05, 3.63) is 53.6 Å². The molecule has 110 valence electrons. The number of thioether (sulfide) groups is 1. The Hall–Kier alpha value is -2.14. The Balaban J connectivity index is 2.15. The van der Waals surface area contributed by atoms with Gasteiger partial charge in [0, 0.05) is 4.90 Å². The van der Waals surface area contributed by atoms with Gasteiger partial charge >= 0.3 is 0 Å². The van der Waals surface area contributed by atoms with Gasteiger partial charge in [0.05, 0.1) is 12.7 Å². The summed E-state index contributed by atoms with van der Waals surface area (Å²) in [5, 5.41) is 7.50. The zero-order valence-corrected chi connectivity index (χ0v) is 12.9. The molecule has 0 aliphatic heterocycles. The lowest BCUT2D eigenvalue weighted by Crippen LogP contribution is -2.12. The van der Waals surface area contributed by atoms with E-state index in [0.717, 1.165) is 16.2 Å². The van der Waals surface area contributed by atoms with Gasteiger partial charge in [-0.3, -0.25) is 5.41 Å². The van der Waals surface area contributed by atoms with E-state index in [1.807, 2.05) is 42.7 Å². The summed E-state index contributed by atoms with van der Waals surface area (Å²) in [7, 11) is 1.56. The quantitative estimate of drug-likeness (QED) is 0.488. The van der Waals surface area contributed by atoms with Crippen LogP contribution in [0.4, 0.5) is 0 Å². The highest BCUT2D eigenvalue weighted by atomic mass is 32.2. The third-order valence-corrected chi connectivity index (χ3v) is 3.80. The van der Waals surface area contributed by atoms with Crippen LogP contribution in [0.3, 0.4) is 0 Å². The van der Waals surface area contributed by atoms with E-state index in [-0.39, 0.29) is 5.84 Å². The van der Waals surface area contributed by atoms with Crippen molar-refractivity contribution in [2.45, 2.75) is 11.5 Å². The average Bonchev–Trinajstić information content (AvgIpc) is 2.52. The van der Waals surface area contributed by atoms with Crippen molar-refractivity contribution >= 4 is 17.6 Å². The molecule has 0 bridgehead atoms. The molecular weight excluding hydrogens is 284 g/mol. The third kappa shape index (κ3) is 3.70. The smallest absolute Gasteiger partial charge is 0.133 e. The SMILES string of the molecule is COc1cc(COc2ccccc2SC)ccc1C(=N)N. The molecule has 0 spiro atoms. The highest BCUT2D eigenvalue weighted by Crippen LogP contribution is 2.28. The molecule has 0 amide bonds. The number of ether oxygens (including phenoxy) is 2. The number of hydrogen-bond donors (Lipinski definition) is 2. The van der Waals surface area contributed by atoms with Gasteiger partial charge in [0.1, 0.15) is 23.9 Å². The lowest BCUT2D eigenvalue weighted by Gasteiger charge is -2.12. The Bertz CT molecular complexity index is 644. The van der Waals surface area contributed by atoms with Gasteiger partial charge in [-0.05, 0) is 36.1 Å². The molecule has 0 saturated carbocycles. The van der Waals surface area contributed by atoms with Crippen LogP contribution in [0.2, 0.25) is 0 Å². The fraction of sp³-hybridized carbons (Fsp3) is 0.188. The Labute approximate surface area is 128 Å². The maximum absolute atomic E-state index is 7.50. The van der Waals surface area contributed by atoms with Gasteiger partial charge in [0.15, 0.2) is 0 Å². The van der Waals surface area contributed by atoms with Crippen LogP contribution in [0.5, 0.6) is 11.5 Å². The van der Waals surface area contributed by atoms with E-state index in [2.05, 4.69) is 0 Å². The van der Waals surface area contributed by atoms with E-state index in [9.17, 15) is 0 Å². The first-order chi connectivity index (χ1) is 10.2. The Kier molecular flexibility index (Phi) is 5.11. The molecule has 3 N–H and O–H groups in total. The highest BCUT2D eigenvalue weighted by molar-refractivity contribution is 7.98. The molecule has 21 heavy (non-hydrogen) atoms. The van der Waals surface area contributed by atoms with Crippen LogP contribution < -0.4 is 15.2 Å². The van der Waals surface area contributed by atoms with Crippen molar-refractivity contribution in [1.82, 2.24) is 0 Å². The fourth-order valence-electron chi connectivity index (χ4n) is 1.95. The molecule has 0 saturated heterocycles. The summed E-state index contributed by atoms with van der Waals surface area (Å²) in [6.07, 6.45) is 2.02. The van der Waals surface area contributed by atoms with Crippen LogP contribution in [0.1, 0.15) is 11.1 Å². The van der Waals surface area contributed by atoms with Gasteiger partial charge in [0.25, 0.3) is 0 Å². The minimum absolute atomic E-state index is 0.00736. The van der Waals surface area contributed by atoms with Crippen LogP contribution in [0.25, 0.3) is 0 Å².